The van der Waals surface area contributed by atoms with Crippen molar-refractivity contribution in [2.45, 2.75) is 63.0 Å². The highest BCUT2D eigenvalue weighted by Crippen LogP contribution is 2.36. The minimum atomic E-state index is -0.200. The van der Waals surface area contributed by atoms with Crippen molar-refractivity contribution in [1.29, 1.82) is 0 Å². The van der Waals surface area contributed by atoms with Gasteiger partial charge in [0.2, 0.25) is 5.91 Å². The zero-order valence-electron chi connectivity index (χ0n) is 12.3. The number of carbonyl (C=O) groups excluding carboxylic acids is 1. The van der Waals surface area contributed by atoms with Crippen LogP contribution in [0.15, 0.2) is 5.38 Å². The summed E-state index contributed by atoms with van der Waals surface area (Å²) in [5.41, 5.74) is 1.12. The Labute approximate surface area is 133 Å². The topological polar surface area (TPSA) is 53.4 Å². The Morgan fingerprint density at radius 2 is 2.19 bits per heavy atom. The van der Waals surface area contributed by atoms with Gasteiger partial charge in [-0.2, -0.15) is 11.8 Å². The number of thiazole rings is 1. The lowest BCUT2D eigenvalue weighted by atomic mass is 9.99. The molecule has 21 heavy (non-hydrogen) atoms. The maximum absolute atomic E-state index is 12.4. The Kier molecular flexibility index (Phi) is 4.86. The first-order valence-corrected chi connectivity index (χ1v) is 9.65. The lowest BCUT2D eigenvalue weighted by molar-refractivity contribution is -0.136. The van der Waals surface area contributed by atoms with Crippen LogP contribution in [0.25, 0.3) is 0 Å². The maximum atomic E-state index is 12.4. The summed E-state index contributed by atoms with van der Waals surface area (Å²) in [6.07, 6.45) is 4.09. The van der Waals surface area contributed by atoms with Gasteiger partial charge in [0.05, 0.1) is 16.8 Å². The van der Waals surface area contributed by atoms with Gasteiger partial charge >= 0.3 is 0 Å². The molecule has 0 aromatic carbocycles. The molecule has 0 saturated carbocycles. The second-order valence-corrected chi connectivity index (χ2v) is 8.14. The number of carbonyl (C=O) groups is 1. The Hall–Kier alpha value is -0.590. The molecule has 3 rings (SSSR count). The molecule has 2 aliphatic rings. The molecule has 4 nitrogen and oxygen atoms in total. The molecule has 3 heterocycles. The molecular formula is C15H22N2O2S2. The van der Waals surface area contributed by atoms with E-state index in [4.69, 9.17) is 0 Å². The Morgan fingerprint density at radius 1 is 1.48 bits per heavy atom. The number of piperidine rings is 1. The zero-order valence-corrected chi connectivity index (χ0v) is 14.0. The molecule has 2 aliphatic heterocycles. The van der Waals surface area contributed by atoms with Crippen molar-refractivity contribution >= 4 is 29.0 Å². The van der Waals surface area contributed by atoms with Crippen molar-refractivity contribution in [1.82, 2.24) is 9.88 Å². The molecule has 0 aliphatic carbocycles. The molecule has 2 saturated heterocycles. The summed E-state index contributed by atoms with van der Waals surface area (Å²) >= 11 is 3.46. The van der Waals surface area contributed by atoms with Crippen LogP contribution < -0.4 is 0 Å². The number of nitrogens with zero attached hydrogens (tertiary/aromatic N) is 2. The number of aryl methyl sites for hydroxylation is 1. The highest BCUT2D eigenvalue weighted by Gasteiger charge is 2.42. The summed E-state index contributed by atoms with van der Waals surface area (Å²) in [6.45, 7) is 2.02. The van der Waals surface area contributed by atoms with E-state index in [1.54, 1.807) is 23.1 Å². The molecule has 1 aromatic rings. The molecule has 2 bridgehead atoms. The Balaban J connectivity index is 1.42. The van der Waals surface area contributed by atoms with Crippen LogP contribution >= 0.6 is 23.1 Å². The molecular weight excluding hydrogens is 304 g/mol. The number of aliphatic hydroxyl groups is 1. The van der Waals surface area contributed by atoms with E-state index in [0.717, 1.165) is 47.9 Å². The maximum Gasteiger partial charge on any atom is 0.223 e. The van der Waals surface area contributed by atoms with Crippen molar-refractivity contribution in [3.63, 3.8) is 0 Å². The van der Waals surface area contributed by atoms with E-state index in [2.05, 4.69) is 15.3 Å². The van der Waals surface area contributed by atoms with Gasteiger partial charge in [-0.15, -0.1) is 11.3 Å². The third-order valence-electron chi connectivity index (χ3n) is 4.37. The summed E-state index contributed by atoms with van der Waals surface area (Å²) in [6, 6.07) is 0.579. The normalized spacial score (nSPS) is 28.1. The van der Waals surface area contributed by atoms with Crippen LogP contribution in [0.1, 0.15) is 42.8 Å². The summed E-state index contributed by atoms with van der Waals surface area (Å²) in [7, 11) is 0. The lowest BCUT2D eigenvalue weighted by Crippen LogP contribution is -2.48. The average molecular weight is 326 g/mol. The molecule has 1 amide bonds. The van der Waals surface area contributed by atoms with E-state index in [1.165, 1.54) is 0 Å². The van der Waals surface area contributed by atoms with Gasteiger partial charge in [0.1, 0.15) is 0 Å². The number of thioether (sulfide) groups is 1. The molecule has 0 spiro atoms. The number of rotatable bonds is 5. The molecule has 2 atom stereocenters. The van der Waals surface area contributed by atoms with Crippen molar-refractivity contribution in [2.75, 3.05) is 5.75 Å². The summed E-state index contributed by atoms with van der Waals surface area (Å²) in [4.78, 5) is 18.9. The van der Waals surface area contributed by atoms with E-state index in [1.807, 2.05) is 6.92 Å². The lowest BCUT2D eigenvalue weighted by Gasteiger charge is -2.37. The second kappa shape index (κ2) is 6.67. The largest absolute Gasteiger partial charge is 0.393 e. The molecule has 2 fully saturated rings. The van der Waals surface area contributed by atoms with Crippen molar-refractivity contribution in [2.24, 2.45) is 0 Å². The molecule has 6 heteroatoms. The third kappa shape index (κ3) is 3.60. The first kappa shape index (κ1) is 15.3. The number of hydrogen-bond donors (Lipinski definition) is 1. The van der Waals surface area contributed by atoms with Crippen molar-refractivity contribution in [3.8, 4) is 0 Å². The van der Waals surface area contributed by atoms with Crippen LogP contribution in [0.4, 0.5) is 0 Å². The number of aliphatic hydroxyl groups excluding tert-OH is 1. The standard InChI is InChI=1S/C15H22N2O2S2/c1-10-16-11(9-21-10)8-20-5-4-15(19)17-12-2-3-13(17)7-14(18)6-12/h9,12-14,18H,2-8H2,1H3. The molecule has 116 valence electrons. The van der Waals surface area contributed by atoms with Gasteiger partial charge < -0.3 is 10.0 Å². The van der Waals surface area contributed by atoms with Crippen LogP contribution in [0.5, 0.6) is 0 Å². The van der Waals surface area contributed by atoms with Crippen LogP contribution in [0.2, 0.25) is 0 Å². The van der Waals surface area contributed by atoms with E-state index < -0.39 is 0 Å². The summed E-state index contributed by atoms with van der Waals surface area (Å²) < 4.78 is 0. The minimum Gasteiger partial charge on any atom is -0.393 e. The Bertz CT molecular complexity index is 492. The van der Waals surface area contributed by atoms with Gasteiger partial charge in [-0.1, -0.05) is 0 Å². The van der Waals surface area contributed by atoms with Crippen LogP contribution in [-0.4, -0.2) is 44.8 Å². The second-order valence-electron chi connectivity index (χ2n) is 5.97. The van der Waals surface area contributed by atoms with Crippen LogP contribution in [0.3, 0.4) is 0 Å². The Morgan fingerprint density at radius 3 is 2.81 bits per heavy atom. The number of hydrogen-bond acceptors (Lipinski definition) is 5. The van der Waals surface area contributed by atoms with Gasteiger partial charge in [0, 0.05) is 35.4 Å². The number of aromatic nitrogens is 1. The smallest absolute Gasteiger partial charge is 0.223 e. The van der Waals surface area contributed by atoms with Gasteiger partial charge in [0.15, 0.2) is 0 Å². The molecule has 2 unspecified atom stereocenters. The first-order valence-electron chi connectivity index (χ1n) is 7.61. The van der Waals surface area contributed by atoms with E-state index in [0.29, 0.717) is 6.42 Å². The zero-order chi connectivity index (χ0) is 14.8. The van der Waals surface area contributed by atoms with Crippen LogP contribution in [-0.2, 0) is 10.5 Å². The van der Waals surface area contributed by atoms with Crippen molar-refractivity contribution in [3.05, 3.63) is 16.1 Å². The van der Waals surface area contributed by atoms with E-state index in [-0.39, 0.29) is 24.1 Å². The summed E-state index contributed by atoms with van der Waals surface area (Å²) in [5, 5.41) is 13.0. The monoisotopic (exact) mass is 326 g/mol. The average Bonchev–Trinajstić information content (AvgIpc) is 2.97. The van der Waals surface area contributed by atoms with Gasteiger partial charge in [-0.25, -0.2) is 4.98 Å². The van der Waals surface area contributed by atoms with E-state index in [9.17, 15) is 9.90 Å². The third-order valence-corrected chi connectivity index (χ3v) is 6.19. The summed E-state index contributed by atoms with van der Waals surface area (Å²) in [5.74, 6) is 2.02. The first-order chi connectivity index (χ1) is 10.1. The highest BCUT2D eigenvalue weighted by atomic mass is 32.2. The quantitative estimate of drug-likeness (QED) is 0.845. The van der Waals surface area contributed by atoms with Gasteiger partial charge in [-0.05, 0) is 32.6 Å². The fraction of sp³-hybridized carbons (Fsp3) is 0.733. The highest BCUT2D eigenvalue weighted by molar-refractivity contribution is 7.98. The van der Waals surface area contributed by atoms with Gasteiger partial charge in [0.25, 0.3) is 0 Å². The predicted molar refractivity (Wildman–Crippen MR) is 86.5 cm³/mol. The molecule has 1 N–H and O–H groups in total. The predicted octanol–water partition coefficient (Wildman–Crippen LogP) is 2.59. The SMILES string of the molecule is Cc1nc(CSCCC(=O)N2C3CCC2CC(O)C3)cs1. The molecule has 1 aromatic heterocycles. The van der Waals surface area contributed by atoms with Gasteiger partial charge in [-0.3, -0.25) is 4.79 Å². The number of fused-ring (bicyclic) bond motifs is 2. The fourth-order valence-corrected chi connectivity index (χ4v) is 5.03. The van der Waals surface area contributed by atoms with E-state index >= 15 is 0 Å². The minimum absolute atomic E-state index is 0.200. The number of amides is 1. The fourth-order valence-electron chi connectivity index (χ4n) is 3.50. The van der Waals surface area contributed by atoms with Crippen molar-refractivity contribution < 1.29 is 9.90 Å². The molecule has 0 radical (unpaired) electrons. The van der Waals surface area contributed by atoms with Crippen LogP contribution in [0, 0.1) is 6.92 Å².